The van der Waals surface area contributed by atoms with Gasteiger partial charge in [0.05, 0.1) is 17.1 Å². The summed E-state index contributed by atoms with van der Waals surface area (Å²) in [6, 6.07) is 17.3. The summed E-state index contributed by atoms with van der Waals surface area (Å²) in [5.74, 6) is -0.119. The molecule has 0 saturated carbocycles. The van der Waals surface area contributed by atoms with E-state index in [1.54, 1.807) is 42.5 Å². The Morgan fingerprint density at radius 3 is 2.32 bits per heavy atom. The molecular formula is C26H27ClN2O4S. The van der Waals surface area contributed by atoms with Crippen LogP contribution in [0.3, 0.4) is 0 Å². The Hall–Kier alpha value is -3.03. The van der Waals surface area contributed by atoms with Crippen molar-refractivity contribution >= 4 is 38.9 Å². The van der Waals surface area contributed by atoms with Crippen molar-refractivity contribution in [2.45, 2.75) is 44.6 Å². The van der Waals surface area contributed by atoms with E-state index in [-0.39, 0.29) is 17.2 Å². The van der Waals surface area contributed by atoms with Crippen LogP contribution in [0.15, 0.2) is 65.6 Å². The number of anilines is 2. The molecule has 8 heteroatoms. The van der Waals surface area contributed by atoms with Gasteiger partial charge in [0.25, 0.3) is 15.9 Å². The summed E-state index contributed by atoms with van der Waals surface area (Å²) in [7, 11) is -3.96. The van der Waals surface area contributed by atoms with Gasteiger partial charge in [0.2, 0.25) is 0 Å². The normalized spacial score (nSPS) is 15.4. The Labute approximate surface area is 205 Å². The molecule has 0 spiro atoms. The monoisotopic (exact) mass is 498 g/mol. The van der Waals surface area contributed by atoms with Crippen molar-refractivity contribution in [3.05, 3.63) is 82.4 Å². The highest BCUT2D eigenvalue weighted by atomic mass is 35.5. The first-order valence-corrected chi connectivity index (χ1v) is 13.0. The fourth-order valence-corrected chi connectivity index (χ4v) is 5.67. The largest absolute Gasteiger partial charge is 0.476 e. The number of benzene rings is 3. The van der Waals surface area contributed by atoms with Crippen LogP contribution < -0.4 is 14.4 Å². The zero-order valence-corrected chi connectivity index (χ0v) is 20.9. The minimum absolute atomic E-state index is 0.134. The van der Waals surface area contributed by atoms with Gasteiger partial charge in [-0.1, -0.05) is 61.3 Å². The van der Waals surface area contributed by atoms with E-state index < -0.39 is 22.0 Å². The fourth-order valence-electron chi connectivity index (χ4n) is 4.03. The fraction of sp³-hybridized carbons (Fsp3) is 0.269. The molecule has 0 fully saturated rings. The summed E-state index contributed by atoms with van der Waals surface area (Å²) in [6.07, 6.45) is 0.470. The first kappa shape index (κ1) is 24.1. The lowest BCUT2D eigenvalue weighted by atomic mass is 10.0. The first-order chi connectivity index (χ1) is 16.2. The van der Waals surface area contributed by atoms with Gasteiger partial charge in [-0.3, -0.25) is 9.10 Å². The molecule has 0 aliphatic carbocycles. The molecule has 178 valence electrons. The van der Waals surface area contributed by atoms with E-state index >= 15 is 0 Å². The molecule has 6 nitrogen and oxygen atoms in total. The van der Waals surface area contributed by atoms with Crippen LogP contribution in [0.25, 0.3) is 0 Å². The van der Waals surface area contributed by atoms with Gasteiger partial charge in [-0.05, 0) is 61.2 Å². The van der Waals surface area contributed by atoms with Crippen LogP contribution in [0, 0.1) is 6.92 Å². The van der Waals surface area contributed by atoms with Gasteiger partial charge >= 0.3 is 0 Å². The lowest BCUT2D eigenvalue weighted by Gasteiger charge is -2.35. The van der Waals surface area contributed by atoms with Gasteiger partial charge in [-0.25, -0.2) is 8.42 Å². The second-order valence-corrected chi connectivity index (χ2v) is 10.5. The first-order valence-electron chi connectivity index (χ1n) is 11.2. The third-order valence-corrected chi connectivity index (χ3v) is 7.97. The van der Waals surface area contributed by atoms with Gasteiger partial charge in [0, 0.05) is 10.7 Å². The van der Waals surface area contributed by atoms with Crippen LogP contribution in [0.1, 0.15) is 30.5 Å². The van der Waals surface area contributed by atoms with Crippen LogP contribution in [-0.2, 0) is 27.7 Å². The third-order valence-electron chi connectivity index (χ3n) is 5.94. The average Bonchev–Trinajstić information content (AvgIpc) is 2.83. The Bertz CT molecular complexity index is 1300. The Balaban J connectivity index is 1.71. The van der Waals surface area contributed by atoms with Crippen LogP contribution >= 0.6 is 11.6 Å². The highest BCUT2D eigenvalue weighted by Crippen LogP contribution is 2.39. The Kier molecular flexibility index (Phi) is 6.86. The molecule has 3 aromatic carbocycles. The highest BCUT2D eigenvalue weighted by molar-refractivity contribution is 7.92. The summed E-state index contributed by atoms with van der Waals surface area (Å²) in [6.45, 7) is 5.76. The van der Waals surface area contributed by atoms with Crippen LogP contribution in [0.2, 0.25) is 5.02 Å². The molecule has 1 atom stereocenters. The minimum atomic E-state index is -3.96. The van der Waals surface area contributed by atoms with Gasteiger partial charge < -0.3 is 10.1 Å². The predicted molar refractivity (Wildman–Crippen MR) is 135 cm³/mol. The molecule has 1 amide bonds. The van der Waals surface area contributed by atoms with E-state index in [2.05, 4.69) is 5.32 Å². The minimum Gasteiger partial charge on any atom is -0.476 e. The summed E-state index contributed by atoms with van der Waals surface area (Å²) in [5.41, 5.74) is 4.04. The quantitative estimate of drug-likeness (QED) is 0.496. The number of hydrogen-bond donors (Lipinski definition) is 1. The molecule has 0 saturated heterocycles. The van der Waals surface area contributed by atoms with Gasteiger partial charge in [0.15, 0.2) is 6.10 Å². The molecule has 1 N–H and O–H groups in total. The number of sulfonamides is 1. The van der Waals surface area contributed by atoms with Crippen LogP contribution in [-0.4, -0.2) is 27.0 Å². The highest BCUT2D eigenvalue weighted by Gasteiger charge is 2.38. The predicted octanol–water partition coefficient (Wildman–Crippen LogP) is 5.37. The maximum absolute atomic E-state index is 13.6. The number of aryl methyl sites for hydroxylation is 3. The molecule has 0 aromatic heterocycles. The number of ether oxygens (including phenoxy) is 1. The van der Waals surface area contributed by atoms with E-state index in [4.69, 9.17) is 16.3 Å². The average molecular weight is 499 g/mol. The standard InChI is InChI=1S/C26H27ClN2O4S/c1-4-18-7-6-8-19(5-2)25(18)28-26(30)24-16-29(22-15-20(27)11-14-23(22)33-24)34(31,32)21-12-9-17(3)10-13-21/h6-15,24H,4-5,16H2,1-3H3,(H,28,30)/t24-/m0/s1. The van der Waals surface area contributed by atoms with E-state index in [1.165, 1.54) is 4.31 Å². The van der Waals surface area contributed by atoms with Gasteiger partial charge in [-0.2, -0.15) is 0 Å². The molecule has 0 bridgehead atoms. The van der Waals surface area contributed by atoms with E-state index in [0.717, 1.165) is 35.2 Å². The van der Waals surface area contributed by atoms with Gasteiger partial charge in [0.1, 0.15) is 5.75 Å². The summed E-state index contributed by atoms with van der Waals surface area (Å²) in [5, 5.41) is 3.37. The SMILES string of the molecule is CCc1cccc(CC)c1NC(=O)[C@@H]1CN(S(=O)(=O)c2ccc(C)cc2)c2cc(Cl)ccc2O1. The number of amides is 1. The number of para-hydroxylation sites is 1. The van der Waals surface area contributed by atoms with E-state index in [9.17, 15) is 13.2 Å². The number of carbonyl (C=O) groups excluding carboxylic acids is 1. The molecule has 1 aliphatic heterocycles. The Morgan fingerprint density at radius 2 is 1.71 bits per heavy atom. The molecule has 3 aromatic rings. The zero-order chi connectivity index (χ0) is 24.5. The van der Waals surface area contributed by atoms with Crippen molar-refractivity contribution in [3.63, 3.8) is 0 Å². The van der Waals surface area contributed by atoms with E-state index in [1.807, 2.05) is 39.0 Å². The van der Waals surface area contributed by atoms with Crippen molar-refractivity contribution in [2.24, 2.45) is 0 Å². The number of nitrogens with zero attached hydrogens (tertiary/aromatic N) is 1. The van der Waals surface area contributed by atoms with Crippen molar-refractivity contribution in [2.75, 3.05) is 16.2 Å². The number of halogens is 1. The number of nitrogens with one attached hydrogen (secondary N) is 1. The molecule has 4 rings (SSSR count). The molecule has 0 unspecified atom stereocenters. The second-order valence-electron chi connectivity index (χ2n) is 8.22. The van der Waals surface area contributed by atoms with Crippen molar-refractivity contribution in [1.82, 2.24) is 0 Å². The number of hydrogen-bond acceptors (Lipinski definition) is 4. The molecule has 34 heavy (non-hydrogen) atoms. The third kappa shape index (κ3) is 4.63. The summed E-state index contributed by atoms with van der Waals surface area (Å²) >= 11 is 6.18. The second kappa shape index (κ2) is 9.68. The van der Waals surface area contributed by atoms with Crippen molar-refractivity contribution in [3.8, 4) is 5.75 Å². The Morgan fingerprint density at radius 1 is 1.06 bits per heavy atom. The molecular weight excluding hydrogens is 472 g/mol. The molecule has 0 radical (unpaired) electrons. The van der Waals surface area contributed by atoms with Crippen LogP contribution in [0.5, 0.6) is 5.75 Å². The number of fused-ring (bicyclic) bond motifs is 1. The summed E-state index contributed by atoms with van der Waals surface area (Å²) in [4.78, 5) is 13.5. The lowest BCUT2D eigenvalue weighted by molar-refractivity contribution is -0.122. The maximum Gasteiger partial charge on any atom is 0.267 e. The smallest absolute Gasteiger partial charge is 0.267 e. The maximum atomic E-state index is 13.6. The summed E-state index contributed by atoms with van der Waals surface area (Å²) < 4.78 is 34.4. The van der Waals surface area contributed by atoms with E-state index in [0.29, 0.717) is 10.7 Å². The molecule has 1 aliphatic rings. The van der Waals surface area contributed by atoms with Gasteiger partial charge in [-0.15, -0.1) is 0 Å². The van der Waals surface area contributed by atoms with Crippen LogP contribution in [0.4, 0.5) is 11.4 Å². The number of rotatable bonds is 6. The number of carbonyl (C=O) groups is 1. The zero-order valence-electron chi connectivity index (χ0n) is 19.3. The van der Waals surface area contributed by atoms with Crippen molar-refractivity contribution in [1.29, 1.82) is 0 Å². The topological polar surface area (TPSA) is 75.7 Å². The lowest BCUT2D eigenvalue weighted by Crippen LogP contribution is -2.49. The van der Waals surface area contributed by atoms with Crippen molar-refractivity contribution < 1.29 is 17.9 Å². The molecule has 1 heterocycles.